The van der Waals surface area contributed by atoms with Crippen LogP contribution >= 0.6 is 0 Å². The number of hydrogen-bond acceptors (Lipinski definition) is 2. The van der Waals surface area contributed by atoms with Gasteiger partial charge in [0.1, 0.15) is 11.5 Å². The first kappa shape index (κ1) is 17.7. The SMILES string of the molecule is CCCC[C@@H]1CC[C@@H](c2ccc(-c3ccc(OC)cc3)cc2)C(=O)C1. The fourth-order valence-corrected chi connectivity index (χ4v) is 3.88. The smallest absolute Gasteiger partial charge is 0.140 e. The van der Waals surface area contributed by atoms with Crippen LogP contribution in [0.4, 0.5) is 0 Å². The molecule has 0 radical (unpaired) electrons. The lowest BCUT2D eigenvalue weighted by Crippen LogP contribution is -2.23. The Morgan fingerprint density at radius 3 is 2.16 bits per heavy atom. The average molecular weight is 336 g/mol. The largest absolute Gasteiger partial charge is 0.497 e. The van der Waals surface area contributed by atoms with E-state index in [0.29, 0.717) is 11.7 Å². The van der Waals surface area contributed by atoms with Gasteiger partial charge in [-0.1, -0.05) is 62.6 Å². The summed E-state index contributed by atoms with van der Waals surface area (Å²) < 4.78 is 5.21. The number of benzene rings is 2. The second-order valence-corrected chi connectivity index (χ2v) is 7.16. The monoisotopic (exact) mass is 336 g/mol. The highest BCUT2D eigenvalue weighted by Gasteiger charge is 2.29. The Bertz CT molecular complexity index is 685. The first-order valence-electron chi connectivity index (χ1n) is 9.48. The third kappa shape index (κ3) is 4.31. The van der Waals surface area contributed by atoms with Gasteiger partial charge >= 0.3 is 0 Å². The minimum atomic E-state index is 0.0998. The highest BCUT2D eigenvalue weighted by atomic mass is 16.5. The lowest BCUT2D eigenvalue weighted by molar-refractivity contribution is -0.123. The number of carbonyl (C=O) groups is 1. The lowest BCUT2D eigenvalue weighted by atomic mass is 9.76. The highest BCUT2D eigenvalue weighted by molar-refractivity contribution is 5.86. The molecule has 2 aromatic rings. The summed E-state index contributed by atoms with van der Waals surface area (Å²) in [6.07, 6.45) is 6.65. The molecule has 2 heteroatoms. The Hall–Kier alpha value is -2.09. The molecule has 0 bridgehead atoms. The quantitative estimate of drug-likeness (QED) is 0.646. The van der Waals surface area contributed by atoms with E-state index >= 15 is 0 Å². The Morgan fingerprint density at radius 1 is 0.960 bits per heavy atom. The van der Waals surface area contributed by atoms with Gasteiger partial charge in [-0.15, -0.1) is 0 Å². The maximum atomic E-state index is 12.6. The van der Waals surface area contributed by atoms with Crippen LogP contribution in [0.3, 0.4) is 0 Å². The second-order valence-electron chi connectivity index (χ2n) is 7.16. The van der Waals surface area contributed by atoms with E-state index in [9.17, 15) is 4.79 Å². The van der Waals surface area contributed by atoms with Gasteiger partial charge in [0, 0.05) is 12.3 Å². The van der Waals surface area contributed by atoms with E-state index in [1.165, 1.54) is 42.4 Å². The molecule has 0 spiro atoms. The van der Waals surface area contributed by atoms with Crippen molar-refractivity contribution >= 4 is 5.78 Å². The third-order valence-electron chi connectivity index (χ3n) is 5.44. The summed E-state index contributed by atoms with van der Waals surface area (Å²) in [5, 5.41) is 0. The van der Waals surface area contributed by atoms with Crippen molar-refractivity contribution in [3.8, 4) is 16.9 Å². The summed E-state index contributed by atoms with van der Waals surface area (Å²) in [6.45, 7) is 2.22. The van der Waals surface area contributed by atoms with Gasteiger partial charge in [0.2, 0.25) is 0 Å². The molecule has 0 N–H and O–H groups in total. The van der Waals surface area contributed by atoms with Gasteiger partial charge in [-0.05, 0) is 47.6 Å². The third-order valence-corrected chi connectivity index (χ3v) is 5.44. The van der Waals surface area contributed by atoms with Gasteiger partial charge < -0.3 is 4.74 Å². The zero-order chi connectivity index (χ0) is 17.6. The molecule has 3 rings (SSSR count). The average Bonchev–Trinajstić information content (AvgIpc) is 2.67. The standard InChI is InChI=1S/C23H28O2/c1-3-4-5-17-6-15-22(23(24)16-17)20-9-7-18(8-10-20)19-11-13-21(25-2)14-12-19/h7-14,17,22H,3-6,15-16H2,1-2H3/t17-,22+/m1/s1. The number of unbranched alkanes of at least 4 members (excludes halogenated alkanes) is 1. The Labute approximate surface area is 151 Å². The molecule has 2 atom stereocenters. The summed E-state index contributed by atoms with van der Waals surface area (Å²) in [5.74, 6) is 2.01. The fourth-order valence-electron chi connectivity index (χ4n) is 3.88. The maximum absolute atomic E-state index is 12.6. The zero-order valence-corrected chi connectivity index (χ0v) is 15.3. The zero-order valence-electron chi connectivity index (χ0n) is 15.3. The molecule has 0 unspecified atom stereocenters. The molecule has 0 aliphatic heterocycles. The molecule has 0 amide bonds. The molecule has 132 valence electrons. The van der Waals surface area contributed by atoms with Crippen molar-refractivity contribution in [2.75, 3.05) is 7.11 Å². The Balaban J connectivity index is 1.67. The van der Waals surface area contributed by atoms with Crippen molar-refractivity contribution in [3.05, 3.63) is 54.1 Å². The summed E-state index contributed by atoms with van der Waals surface area (Å²) in [4.78, 5) is 12.6. The number of methoxy groups -OCH3 is 1. The van der Waals surface area contributed by atoms with Crippen molar-refractivity contribution < 1.29 is 9.53 Å². The first-order chi connectivity index (χ1) is 12.2. The van der Waals surface area contributed by atoms with Gasteiger partial charge in [-0.25, -0.2) is 0 Å². The van der Waals surface area contributed by atoms with Crippen LogP contribution in [0.1, 0.15) is 56.9 Å². The van der Waals surface area contributed by atoms with Crippen LogP contribution in [0, 0.1) is 5.92 Å². The minimum absolute atomic E-state index is 0.0998. The maximum Gasteiger partial charge on any atom is 0.140 e. The molecule has 25 heavy (non-hydrogen) atoms. The minimum Gasteiger partial charge on any atom is -0.497 e. The summed E-state index contributed by atoms with van der Waals surface area (Å²) in [6, 6.07) is 16.6. The number of Topliss-reactive ketones (excluding diaryl/α,β-unsaturated/α-hetero) is 1. The summed E-state index contributed by atoms with van der Waals surface area (Å²) >= 11 is 0. The number of rotatable bonds is 6. The lowest BCUT2D eigenvalue weighted by Gasteiger charge is -2.27. The van der Waals surface area contributed by atoms with Crippen molar-refractivity contribution in [1.82, 2.24) is 0 Å². The fraction of sp³-hybridized carbons (Fsp3) is 0.435. The van der Waals surface area contributed by atoms with Gasteiger partial charge in [0.15, 0.2) is 0 Å². The number of ketones is 1. The van der Waals surface area contributed by atoms with E-state index < -0.39 is 0 Å². The summed E-state index contributed by atoms with van der Waals surface area (Å²) in [5.41, 5.74) is 3.52. The van der Waals surface area contributed by atoms with Crippen LogP contribution in [0.25, 0.3) is 11.1 Å². The van der Waals surface area contributed by atoms with Crippen LogP contribution in [0.15, 0.2) is 48.5 Å². The highest BCUT2D eigenvalue weighted by Crippen LogP contribution is 2.36. The van der Waals surface area contributed by atoms with E-state index in [0.717, 1.165) is 18.6 Å². The van der Waals surface area contributed by atoms with Crippen molar-refractivity contribution in [1.29, 1.82) is 0 Å². The van der Waals surface area contributed by atoms with Crippen molar-refractivity contribution in [3.63, 3.8) is 0 Å². The van der Waals surface area contributed by atoms with E-state index in [2.05, 4.69) is 43.3 Å². The molecule has 1 aliphatic rings. The van der Waals surface area contributed by atoms with Crippen LogP contribution in [-0.4, -0.2) is 12.9 Å². The molecule has 0 saturated heterocycles. The molecular formula is C23H28O2. The van der Waals surface area contributed by atoms with Gasteiger partial charge in [-0.2, -0.15) is 0 Å². The number of ether oxygens (including phenoxy) is 1. The van der Waals surface area contributed by atoms with E-state index in [1.54, 1.807) is 7.11 Å². The van der Waals surface area contributed by atoms with Crippen molar-refractivity contribution in [2.45, 2.75) is 51.4 Å². The molecule has 1 aliphatic carbocycles. The topological polar surface area (TPSA) is 26.3 Å². The van der Waals surface area contributed by atoms with Gasteiger partial charge in [0.25, 0.3) is 0 Å². The Morgan fingerprint density at radius 2 is 1.60 bits per heavy atom. The van der Waals surface area contributed by atoms with Gasteiger partial charge in [-0.3, -0.25) is 4.79 Å². The molecule has 1 fully saturated rings. The van der Waals surface area contributed by atoms with E-state index in [1.807, 2.05) is 12.1 Å². The molecular weight excluding hydrogens is 308 g/mol. The van der Waals surface area contributed by atoms with E-state index in [4.69, 9.17) is 4.74 Å². The second kappa shape index (κ2) is 8.33. The van der Waals surface area contributed by atoms with E-state index in [-0.39, 0.29) is 5.92 Å². The van der Waals surface area contributed by atoms with Crippen molar-refractivity contribution in [2.24, 2.45) is 5.92 Å². The summed E-state index contributed by atoms with van der Waals surface area (Å²) in [7, 11) is 1.68. The number of hydrogen-bond donors (Lipinski definition) is 0. The molecule has 0 aromatic heterocycles. The number of carbonyl (C=O) groups excluding carboxylic acids is 1. The predicted molar refractivity (Wildman–Crippen MR) is 103 cm³/mol. The van der Waals surface area contributed by atoms with Crippen LogP contribution in [0.2, 0.25) is 0 Å². The normalized spacial score (nSPS) is 20.5. The Kier molecular flexibility index (Phi) is 5.91. The predicted octanol–water partition coefficient (Wildman–Crippen LogP) is 6.01. The molecule has 2 nitrogen and oxygen atoms in total. The first-order valence-corrected chi connectivity index (χ1v) is 9.48. The van der Waals surface area contributed by atoms with Crippen LogP contribution in [0.5, 0.6) is 5.75 Å². The molecule has 2 aromatic carbocycles. The van der Waals surface area contributed by atoms with Gasteiger partial charge in [0.05, 0.1) is 7.11 Å². The van der Waals surface area contributed by atoms with Crippen LogP contribution in [-0.2, 0) is 4.79 Å². The van der Waals surface area contributed by atoms with Crippen LogP contribution < -0.4 is 4.74 Å². The molecule has 1 saturated carbocycles. The molecule has 0 heterocycles.